The summed E-state index contributed by atoms with van der Waals surface area (Å²) in [5.74, 6) is 0.521. The highest BCUT2D eigenvalue weighted by atomic mass is 15.3. The fraction of sp³-hybridized carbons (Fsp3) is 0.444. The number of azo groups is 2. The predicted molar refractivity (Wildman–Crippen MR) is 47.0 cm³/mol. The second-order valence-corrected chi connectivity index (χ2v) is 3.29. The van der Waals surface area contributed by atoms with Crippen LogP contribution in [-0.2, 0) is 0 Å². The van der Waals surface area contributed by atoms with E-state index in [0.717, 1.165) is 0 Å². The van der Waals surface area contributed by atoms with Crippen LogP contribution >= 0.6 is 0 Å². The van der Waals surface area contributed by atoms with Crippen molar-refractivity contribution in [3.8, 4) is 0 Å². The Morgan fingerprint density at radius 3 is 3.08 bits per heavy atom. The Kier molecular flexibility index (Phi) is 1.64. The average molecular weight is 162 g/mol. The Hall–Kier alpha value is -1.25. The maximum atomic E-state index is 4.35. The molecule has 2 aliphatic rings. The fourth-order valence-corrected chi connectivity index (χ4v) is 1.40. The van der Waals surface area contributed by atoms with Gasteiger partial charge in [-0.05, 0) is 11.0 Å². The van der Waals surface area contributed by atoms with Gasteiger partial charge in [0.2, 0.25) is 6.20 Å². The molecule has 2 rings (SSSR count). The van der Waals surface area contributed by atoms with Crippen LogP contribution in [0.5, 0.6) is 0 Å². The molecule has 0 bridgehead atoms. The van der Waals surface area contributed by atoms with Crippen molar-refractivity contribution in [2.75, 3.05) is 0 Å². The first kappa shape index (κ1) is 7.40. The quantitative estimate of drug-likeness (QED) is 0.527. The summed E-state index contributed by atoms with van der Waals surface area (Å²) in [6.07, 6.45) is 7.73. The predicted octanol–water partition coefficient (Wildman–Crippen LogP) is 1.93. The number of aliphatic imine (C=N–C) groups is 1. The highest BCUT2D eigenvalue weighted by Gasteiger charge is 2.32. The van der Waals surface area contributed by atoms with Crippen molar-refractivity contribution in [3.63, 3.8) is 0 Å². The van der Waals surface area contributed by atoms with Crippen LogP contribution in [0.3, 0.4) is 0 Å². The molecule has 0 aromatic heterocycles. The summed E-state index contributed by atoms with van der Waals surface area (Å²) in [5, 5.41) is 4.23. The molecular weight excluding hydrogens is 150 g/mol. The van der Waals surface area contributed by atoms with E-state index < -0.39 is 0 Å². The molecule has 0 spiro atoms. The van der Waals surface area contributed by atoms with E-state index in [4.69, 9.17) is 0 Å². The molecule has 3 nitrogen and oxygen atoms in total. The summed E-state index contributed by atoms with van der Waals surface area (Å²) in [6, 6.07) is 0. The molecule has 0 amide bonds. The van der Waals surface area contributed by atoms with E-state index in [2.05, 4.69) is 24.0 Å². The first-order valence-corrected chi connectivity index (χ1v) is 4.18. The van der Waals surface area contributed by atoms with Gasteiger partial charge in [-0.3, -0.25) is 0 Å². The van der Waals surface area contributed by atoms with Gasteiger partial charge in [0.15, 0.2) is 0 Å². The van der Waals surface area contributed by atoms with Gasteiger partial charge in [0, 0.05) is 12.3 Å². The topological polar surface area (TPSA) is 27.7 Å². The van der Waals surface area contributed by atoms with E-state index >= 15 is 0 Å². The number of allylic oxidation sites excluding steroid dienone is 1. The van der Waals surface area contributed by atoms with Gasteiger partial charge in [-0.25, -0.2) is 4.99 Å². The summed E-state index contributed by atoms with van der Waals surface area (Å²) in [5.41, 5.74) is 1.29. The summed E-state index contributed by atoms with van der Waals surface area (Å²) in [6.45, 7) is 4.33. The van der Waals surface area contributed by atoms with Gasteiger partial charge >= 0.3 is 6.17 Å². The zero-order chi connectivity index (χ0) is 8.55. The molecule has 12 heavy (non-hydrogen) atoms. The zero-order valence-corrected chi connectivity index (χ0v) is 7.31. The minimum absolute atomic E-state index is 0.134. The maximum Gasteiger partial charge on any atom is 0.300 e. The molecule has 0 saturated heterocycles. The minimum atomic E-state index is 0.134. The van der Waals surface area contributed by atoms with E-state index in [0.29, 0.717) is 5.92 Å². The Labute approximate surface area is 71.8 Å². The van der Waals surface area contributed by atoms with E-state index in [1.54, 1.807) is 0 Å². The molecule has 0 radical (unpaired) electrons. The van der Waals surface area contributed by atoms with Crippen LogP contribution in [-0.4, -0.2) is 17.1 Å². The summed E-state index contributed by atoms with van der Waals surface area (Å²) < 4.78 is 1.88. The van der Waals surface area contributed by atoms with Crippen molar-refractivity contribution in [2.24, 2.45) is 16.0 Å². The molecular formula is C9H12N3+. The van der Waals surface area contributed by atoms with E-state index in [1.807, 2.05) is 29.4 Å². The molecule has 0 fully saturated rings. The Morgan fingerprint density at radius 2 is 2.33 bits per heavy atom. The second-order valence-electron chi connectivity index (χ2n) is 3.29. The maximum absolute atomic E-state index is 4.35. The van der Waals surface area contributed by atoms with Crippen molar-refractivity contribution < 1.29 is 4.70 Å². The van der Waals surface area contributed by atoms with E-state index in [9.17, 15) is 0 Å². The highest BCUT2D eigenvalue weighted by molar-refractivity contribution is 5.71. The lowest BCUT2D eigenvalue weighted by atomic mass is 10.0. The Morgan fingerprint density at radius 1 is 1.50 bits per heavy atom. The van der Waals surface area contributed by atoms with Crippen molar-refractivity contribution in [3.05, 3.63) is 24.0 Å². The third kappa shape index (κ3) is 1.02. The molecule has 1 atom stereocenters. The lowest BCUT2D eigenvalue weighted by molar-refractivity contribution is -0.547. The largest absolute Gasteiger partial charge is 0.300 e. The van der Waals surface area contributed by atoms with Crippen LogP contribution < -0.4 is 0 Å². The molecule has 0 N–H and O–H groups in total. The molecule has 2 aliphatic heterocycles. The lowest BCUT2D eigenvalue weighted by Crippen LogP contribution is -2.21. The van der Waals surface area contributed by atoms with Crippen LogP contribution in [0.1, 0.15) is 13.8 Å². The molecule has 0 aromatic carbocycles. The normalized spacial score (nSPS) is 25.8. The molecule has 2 heterocycles. The Bertz CT molecular complexity index is 308. The number of fused-ring (bicyclic) bond motifs is 1. The monoisotopic (exact) mass is 162 g/mol. The van der Waals surface area contributed by atoms with Crippen LogP contribution in [0, 0.1) is 5.92 Å². The van der Waals surface area contributed by atoms with Crippen LogP contribution in [0.15, 0.2) is 34.2 Å². The number of rotatable bonds is 1. The molecule has 3 heteroatoms. The van der Waals surface area contributed by atoms with Gasteiger partial charge in [0.1, 0.15) is 6.20 Å². The zero-order valence-electron chi connectivity index (χ0n) is 7.31. The van der Waals surface area contributed by atoms with Gasteiger partial charge in [-0.2, -0.15) is 0 Å². The van der Waals surface area contributed by atoms with Gasteiger partial charge in [0.05, 0.1) is 5.57 Å². The average Bonchev–Trinajstić information content (AvgIpc) is 2.47. The van der Waals surface area contributed by atoms with Gasteiger partial charge < -0.3 is 0 Å². The van der Waals surface area contributed by atoms with E-state index in [1.165, 1.54) is 5.57 Å². The first-order valence-electron chi connectivity index (χ1n) is 4.18. The van der Waals surface area contributed by atoms with Crippen LogP contribution in [0.25, 0.3) is 0 Å². The van der Waals surface area contributed by atoms with Gasteiger partial charge in [-0.15, -0.1) is 0 Å². The second kappa shape index (κ2) is 2.66. The molecule has 62 valence electrons. The summed E-state index contributed by atoms with van der Waals surface area (Å²) in [4.78, 5) is 4.35. The minimum Gasteiger partial charge on any atom is -0.219 e. The third-order valence-corrected chi connectivity index (χ3v) is 2.11. The number of nitrogens with zero attached hydrogens (tertiary/aromatic N) is 3. The standard InChI is InChI=1S/C9H12N3/c1-7(2)8-6-11-12-5-3-4-10-9(8)12/h3-7,9H,1-2H3/q+1. The first-order chi connectivity index (χ1) is 5.79. The van der Waals surface area contributed by atoms with Crippen molar-refractivity contribution in [1.82, 2.24) is 0 Å². The summed E-state index contributed by atoms with van der Waals surface area (Å²) >= 11 is 0. The van der Waals surface area contributed by atoms with Gasteiger partial charge in [-0.1, -0.05) is 18.5 Å². The molecule has 0 aliphatic carbocycles. The van der Waals surface area contributed by atoms with Crippen LogP contribution in [0.2, 0.25) is 0 Å². The van der Waals surface area contributed by atoms with Crippen molar-refractivity contribution >= 4 is 6.21 Å². The SMILES string of the molecule is CC(C)C1=CN=[N+]2C=CC=NC12. The molecule has 0 saturated carbocycles. The Balaban J connectivity index is 2.27. The third-order valence-electron chi connectivity index (χ3n) is 2.11. The lowest BCUT2D eigenvalue weighted by Gasteiger charge is -2.09. The van der Waals surface area contributed by atoms with Crippen LogP contribution in [0.4, 0.5) is 0 Å². The highest BCUT2D eigenvalue weighted by Crippen LogP contribution is 2.24. The van der Waals surface area contributed by atoms with Gasteiger partial charge in [0.25, 0.3) is 0 Å². The number of hydrogen-bond acceptors (Lipinski definition) is 2. The smallest absolute Gasteiger partial charge is 0.219 e. The van der Waals surface area contributed by atoms with Crippen molar-refractivity contribution in [1.29, 1.82) is 0 Å². The van der Waals surface area contributed by atoms with Crippen molar-refractivity contribution in [2.45, 2.75) is 20.0 Å². The number of hydrogen-bond donors (Lipinski definition) is 0. The fourth-order valence-electron chi connectivity index (χ4n) is 1.40. The summed E-state index contributed by atoms with van der Waals surface area (Å²) in [7, 11) is 0. The van der Waals surface area contributed by atoms with E-state index in [-0.39, 0.29) is 6.17 Å². The molecule has 0 aromatic rings. The molecule has 1 unspecified atom stereocenters.